The van der Waals surface area contributed by atoms with Gasteiger partial charge in [0, 0.05) is 49.8 Å². The fraction of sp³-hybridized carbons (Fsp3) is 0.625. The third kappa shape index (κ3) is 3.23. The maximum atomic E-state index is 5.93. The first kappa shape index (κ1) is 15.2. The average molecular weight is 303 g/mol. The third-order valence-corrected chi connectivity index (χ3v) is 4.17. The van der Waals surface area contributed by atoms with Crippen LogP contribution in [0.25, 0.3) is 0 Å². The van der Waals surface area contributed by atoms with Gasteiger partial charge in [-0.3, -0.25) is 9.58 Å². The number of nitrogens with zero attached hydrogens (tertiary/aromatic N) is 5. The highest BCUT2D eigenvalue weighted by molar-refractivity contribution is 5.10. The molecule has 1 saturated heterocycles. The van der Waals surface area contributed by atoms with Crippen LogP contribution in [0.15, 0.2) is 24.8 Å². The van der Waals surface area contributed by atoms with Crippen LogP contribution in [0.3, 0.4) is 0 Å². The van der Waals surface area contributed by atoms with Gasteiger partial charge < -0.3 is 9.30 Å². The molecule has 0 unspecified atom stereocenters. The Hall–Kier alpha value is -1.66. The summed E-state index contributed by atoms with van der Waals surface area (Å²) in [5.74, 6) is 1.12. The van der Waals surface area contributed by atoms with Crippen LogP contribution in [-0.4, -0.2) is 43.9 Å². The van der Waals surface area contributed by atoms with Crippen molar-refractivity contribution in [1.29, 1.82) is 0 Å². The second-order valence-corrected chi connectivity index (χ2v) is 6.07. The molecule has 22 heavy (non-hydrogen) atoms. The zero-order valence-electron chi connectivity index (χ0n) is 13.6. The summed E-state index contributed by atoms with van der Waals surface area (Å²) in [4.78, 5) is 6.93. The number of aryl methyl sites for hydroxylation is 1. The van der Waals surface area contributed by atoms with Gasteiger partial charge in [-0.15, -0.1) is 0 Å². The fourth-order valence-electron chi connectivity index (χ4n) is 2.90. The standard InChI is InChI=1S/C16H25N5O/c1-4-20-10-14(9-18-20)15-11-19(7-8-22-15)12-16-17-5-6-21(16)13(2)3/h5-6,9-10,13,15H,4,7-8,11-12H2,1-3H3/t15-/m0/s1. The number of hydrogen-bond donors (Lipinski definition) is 0. The molecule has 0 bridgehead atoms. The fourth-order valence-corrected chi connectivity index (χ4v) is 2.90. The average Bonchev–Trinajstić information content (AvgIpc) is 3.16. The van der Waals surface area contributed by atoms with Gasteiger partial charge in [0.15, 0.2) is 0 Å². The predicted octanol–water partition coefficient (Wildman–Crippen LogP) is 2.25. The summed E-state index contributed by atoms with van der Waals surface area (Å²) in [6.45, 7) is 10.8. The van der Waals surface area contributed by atoms with Crippen molar-refractivity contribution < 1.29 is 4.74 Å². The Bertz CT molecular complexity index is 603. The van der Waals surface area contributed by atoms with Gasteiger partial charge in [-0.2, -0.15) is 5.10 Å². The Kier molecular flexibility index (Phi) is 4.59. The van der Waals surface area contributed by atoms with Gasteiger partial charge in [0.25, 0.3) is 0 Å². The van der Waals surface area contributed by atoms with E-state index in [4.69, 9.17) is 4.74 Å². The van der Waals surface area contributed by atoms with Crippen molar-refractivity contribution >= 4 is 0 Å². The van der Waals surface area contributed by atoms with E-state index in [9.17, 15) is 0 Å². The molecule has 1 aliphatic rings. The summed E-state index contributed by atoms with van der Waals surface area (Å²) in [6.07, 6.45) is 8.06. The summed E-state index contributed by atoms with van der Waals surface area (Å²) < 4.78 is 10.1. The molecule has 2 aromatic heterocycles. The number of morpholine rings is 1. The summed E-state index contributed by atoms with van der Waals surface area (Å²) in [6, 6.07) is 0.442. The molecule has 0 saturated carbocycles. The first-order chi connectivity index (χ1) is 10.7. The van der Waals surface area contributed by atoms with Crippen molar-refractivity contribution in [3.8, 4) is 0 Å². The van der Waals surface area contributed by atoms with Crippen LogP contribution in [-0.2, 0) is 17.8 Å². The second-order valence-electron chi connectivity index (χ2n) is 6.07. The third-order valence-electron chi connectivity index (χ3n) is 4.17. The van der Waals surface area contributed by atoms with Gasteiger partial charge in [-0.1, -0.05) is 0 Å². The van der Waals surface area contributed by atoms with E-state index >= 15 is 0 Å². The molecule has 0 aliphatic carbocycles. The summed E-state index contributed by atoms with van der Waals surface area (Å²) in [5, 5.41) is 4.35. The van der Waals surface area contributed by atoms with Crippen LogP contribution in [0.5, 0.6) is 0 Å². The monoisotopic (exact) mass is 303 g/mol. The number of ether oxygens (including phenoxy) is 1. The molecular weight excluding hydrogens is 278 g/mol. The van der Waals surface area contributed by atoms with E-state index in [0.29, 0.717) is 6.04 Å². The van der Waals surface area contributed by atoms with Gasteiger partial charge >= 0.3 is 0 Å². The van der Waals surface area contributed by atoms with Crippen molar-refractivity contribution in [2.75, 3.05) is 19.7 Å². The maximum Gasteiger partial charge on any atom is 0.123 e. The van der Waals surface area contributed by atoms with E-state index in [-0.39, 0.29) is 6.10 Å². The first-order valence-electron chi connectivity index (χ1n) is 8.05. The largest absolute Gasteiger partial charge is 0.371 e. The van der Waals surface area contributed by atoms with Crippen molar-refractivity contribution in [3.05, 3.63) is 36.2 Å². The van der Waals surface area contributed by atoms with E-state index in [1.165, 1.54) is 5.56 Å². The number of hydrogen-bond acceptors (Lipinski definition) is 4. The van der Waals surface area contributed by atoms with Crippen molar-refractivity contribution in [2.45, 2.75) is 46.0 Å². The van der Waals surface area contributed by atoms with Crippen LogP contribution < -0.4 is 0 Å². The van der Waals surface area contributed by atoms with Crippen LogP contribution in [0, 0.1) is 0 Å². The molecule has 0 spiro atoms. The van der Waals surface area contributed by atoms with Gasteiger partial charge in [0.2, 0.25) is 0 Å². The van der Waals surface area contributed by atoms with Crippen molar-refractivity contribution in [1.82, 2.24) is 24.2 Å². The van der Waals surface area contributed by atoms with Crippen LogP contribution >= 0.6 is 0 Å². The molecule has 1 fully saturated rings. The van der Waals surface area contributed by atoms with Crippen molar-refractivity contribution in [2.24, 2.45) is 0 Å². The molecule has 0 aromatic carbocycles. The topological polar surface area (TPSA) is 48.1 Å². The van der Waals surface area contributed by atoms with Crippen LogP contribution in [0.2, 0.25) is 0 Å². The lowest BCUT2D eigenvalue weighted by Crippen LogP contribution is -2.38. The molecule has 3 heterocycles. The Morgan fingerprint density at radius 1 is 1.41 bits per heavy atom. The minimum Gasteiger partial charge on any atom is -0.371 e. The van der Waals surface area contributed by atoms with Gasteiger partial charge in [-0.05, 0) is 20.8 Å². The van der Waals surface area contributed by atoms with Gasteiger partial charge in [-0.25, -0.2) is 4.98 Å². The number of imidazole rings is 1. The van der Waals surface area contributed by atoms with Crippen LogP contribution in [0.4, 0.5) is 0 Å². The minimum absolute atomic E-state index is 0.108. The normalized spacial score (nSPS) is 19.9. The molecule has 0 radical (unpaired) electrons. The maximum absolute atomic E-state index is 5.93. The number of rotatable bonds is 5. The Morgan fingerprint density at radius 3 is 3.00 bits per heavy atom. The summed E-state index contributed by atoms with van der Waals surface area (Å²) in [7, 11) is 0. The SMILES string of the molecule is CCn1cc([C@@H]2CN(Cc3nccn3C(C)C)CCO2)cn1. The molecule has 6 heteroatoms. The molecule has 6 nitrogen and oxygen atoms in total. The lowest BCUT2D eigenvalue weighted by Gasteiger charge is -2.32. The smallest absolute Gasteiger partial charge is 0.123 e. The number of aromatic nitrogens is 4. The highest BCUT2D eigenvalue weighted by Gasteiger charge is 2.24. The Morgan fingerprint density at radius 2 is 2.27 bits per heavy atom. The Labute approximate surface area is 131 Å². The molecule has 120 valence electrons. The molecule has 0 amide bonds. The van der Waals surface area contributed by atoms with E-state index in [0.717, 1.165) is 38.6 Å². The quantitative estimate of drug-likeness (QED) is 0.850. The predicted molar refractivity (Wildman–Crippen MR) is 84.5 cm³/mol. The zero-order valence-corrected chi connectivity index (χ0v) is 13.6. The lowest BCUT2D eigenvalue weighted by molar-refractivity contribution is -0.0340. The minimum atomic E-state index is 0.108. The van der Waals surface area contributed by atoms with Gasteiger partial charge in [0.05, 0.1) is 25.5 Å². The summed E-state index contributed by atoms with van der Waals surface area (Å²) >= 11 is 0. The Balaban J connectivity index is 1.66. The highest BCUT2D eigenvalue weighted by Crippen LogP contribution is 2.23. The highest BCUT2D eigenvalue weighted by atomic mass is 16.5. The molecule has 0 N–H and O–H groups in total. The lowest BCUT2D eigenvalue weighted by atomic mass is 10.1. The molecule has 2 aromatic rings. The molecule has 3 rings (SSSR count). The van der Waals surface area contributed by atoms with E-state index in [1.54, 1.807) is 0 Å². The summed E-state index contributed by atoms with van der Waals surface area (Å²) in [5.41, 5.74) is 1.17. The second kappa shape index (κ2) is 6.62. The zero-order chi connectivity index (χ0) is 15.5. The van der Waals surface area contributed by atoms with E-state index in [1.807, 2.05) is 17.1 Å². The first-order valence-corrected chi connectivity index (χ1v) is 8.05. The van der Waals surface area contributed by atoms with E-state index in [2.05, 4.69) is 52.7 Å². The molecule has 1 atom stereocenters. The molecule has 1 aliphatic heterocycles. The molecular formula is C16H25N5O. The van der Waals surface area contributed by atoms with Crippen LogP contribution in [0.1, 0.15) is 44.3 Å². The van der Waals surface area contributed by atoms with E-state index < -0.39 is 0 Å². The van der Waals surface area contributed by atoms with Crippen molar-refractivity contribution in [3.63, 3.8) is 0 Å². The van der Waals surface area contributed by atoms with Gasteiger partial charge in [0.1, 0.15) is 5.82 Å².